The highest BCUT2D eigenvalue weighted by Crippen LogP contribution is 1.98. The minimum atomic E-state index is -0.375. The molecule has 0 aliphatic heterocycles. The molecule has 0 unspecified atom stereocenters. The van der Waals surface area contributed by atoms with E-state index >= 15 is 0 Å². The van der Waals surface area contributed by atoms with Crippen LogP contribution in [0.3, 0.4) is 0 Å². The summed E-state index contributed by atoms with van der Waals surface area (Å²) in [6.45, 7) is 0.0235. The number of benzene rings is 1. The third-order valence-electron chi connectivity index (χ3n) is 0.840. The second kappa shape index (κ2) is 3.25. The van der Waals surface area contributed by atoms with Crippen LogP contribution in [-0.2, 0) is 11.3 Å². The van der Waals surface area contributed by atoms with Crippen LogP contribution in [0.4, 0.5) is 0 Å². The summed E-state index contributed by atoms with van der Waals surface area (Å²) in [6.07, 6.45) is 0. The van der Waals surface area contributed by atoms with Crippen LogP contribution in [-0.4, -0.2) is 7.11 Å². The largest absolute Gasteiger partial charge is 0.380 e. The molecule has 0 aromatic heterocycles. The number of hydrogen-bond donors (Lipinski definition) is 0. The number of methoxy groups -OCH3 is 1. The normalized spacial score (nSPS) is 17.2. The molecule has 0 bridgehead atoms. The van der Waals surface area contributed by atoms with E-state index in [0.29, 0.717) is 0 Å². The molecule has 48 valence electrons. The summed E-state index contributed by atoms with van der Waals surface area (Å²) in [5.41, 5.74) is 0.193. The molecule has 0 spiro atoms. The molecule has 1 aromatic rings. The van der Waals surface area contributed by atoms with Crippen LogP contribution in [0, 0.1) is 0 Å². The highest BCUT2D eigenvalue weighted by atomic mass is 16.5. The number of rotatable bonds is 2. The van der Waals surface area contributed by atoms with Crippen molar-refractivity contribution in [1.29, 1.82) is 0 Å². The van der Waals surface area contributed by atoms with Gasteiger partial charge in [-0.2, -0.15) is 0 Å². The van der Waals surface area contributed by atoms with Crippen molar-refractivity contribution in [1.82, 2.24) is 0 Å². The predicted molar refractivity (Wildman–Crippen MR) is 37.2 cm³/mol. The van der Waals surface area contributed by atoms with Crippen LogP contribution in [0.25, 0.3) is 0 Å². The van der Waals surface area contributed by atoms with Gasteiger partial charge in [0.25, 0.3) is 0 Å². The van der Waals surface area contributed by atoms with E-state index in [0.717, 1.165) is 0 Å². The maximum atomic E-state index is 7.49. The average Bonchev–Trinajstić information content (AvgIpc) is 2.19. The Morgan fingerprint density at radius 3 is 2.67 bits per heavy atom. The molecule has 0 saturated heterocycles. The van der Waals surface area contributed by atoms with Crippen molar-refractivity contribution in [3.05, 3.63) is 35.8 Å². The maximum Gasteiger partial charge on any atom is 0.0713 e. The molecule has 0 fully saturated rings. The molecule has 1 nitrogen and oxygen atoms in total. The number of hydrogen-bond acceptors (Lipinski definition) is 1. The van der Waals surface area contributed by atoms with Crippen molar-refractivity contribution in [2.45, 2.75) is 6.61 Å². The van der Waals surface area contributed by atoms with E-state index in [1.165, 1.54) is 7.11 Å². The molecule has 0 aliphatic rings. The smallest absolute Gasteiger partial charge is 0.0713 e. The maximum absolute atomic E-state index is 7.49. The Hall–Kier alpha value is -0.820. The SMILES string of the molecule is [2H]c1c([2H])c([2H])c(COC)c([2H])c1[2H]. The first-order valence-electron chi connectivity index (χ1n) is 5.05. The molecule has 0 atom stereocenters. The van der Waals surface area contributed by atoms with Gasteiger partial charge in [-0.25, -0.2) is 0 Å². The fourth-order valence-electron chi connectivity index (χ4n) is 0.492. The Bertz CT molecular complexity index is 334. The fourth-order valence-corrected chi connectivity index (χ4v) is 0.492. The zero-order valence-corrected chi connectivity index (χ0v) is 5.12. The Labute approximate surface area is 62.3 Å². The first kappa shape index (κ1) is 2.43. The molecule has 0 amide bonds. The van der Waals surface area contributed by atoms with Crippen LogP contribution < -0.4 is 0 Å². The molecular formula is C8H10O. The molecule has 0 aliphatic carbocycles. The highest BCUT2D eigenvalue weighted by molar-refractivity contribution is 5.13. The van der Waals surface area contributed by atoms with Gasteiger partial charge in [-0.3, -0.25) is 0 Å². The van der Waals surface area contributed by atoms with Gasteiger partial charge < -0.3 is 4.74 Å². The van der Waals surface area contributed by atoms with Crippen LogP contribution in [0.1, 0.15) is 12.4 Å². The van der Waals surface area contributed by atoms with Gasteiger partial charge >= 0.3 is 0 Å². The lowest BCUT2D eigenvalue weighted by atomic mass is 10.2. The van der Waals surface area contributed by atoms with Gasteiger partial charge in [0, 0.05) is 7.11 Å². The predicted octanol–water partition coefficient (Wildman–Crippen LogP) is 1.83. The summed E-state index contributed by atoms with van der Waals surface area (Å²) in [5, 5.41) is 0. The summed E-state index contributed by atoms with van der Waals surface area (Å²) in [7, 11) is 1.42. The lowest BCUT2D eigenvalue weighted by Gasteiger charge is -1.95. The van der Waals surface area contributed by atoms with Crippen molar-refractivity contribution >= 4 is 0 Å². The molecular weight excluding hydrogens is 112 g/mol. The van der Waals surface area contributed by atoms with Gasteiger partial charge in [0.15, 0.2) is 0 Å². The van der Waals surface area contributed by atoms with Gasteiger partial charge in [-0.05, 0) is 5.56 Å². The van der Waals surface area contributed by atoms with E-state index in [1.54, 1.807) is 0 Å². The van der Waals surface area contributed by atoms with E-state index in [9.17, 15) is 0 Å². The van der Waals surface area contributed by atoms with Gasteiger partial charge in [0.2, 0.25) is 0 Å². The molecule has 0 N–H and O–H groups in total. The van der Waals surface area contributed by atoms with E-state index in [1.807, 2.05) is 0 Å². The van der Waals surface area contributed by atoms with Crippen molar-refractivity contribution in [2.75, 3.05) is 7.11 Å². The summed E-state index contributed by atoms with van der Waals surface area (Å²) in [6, 6.07) is -1.41. The van der Waals surface area contributed by atoms with Gasteiger partial charge in [0.05, 0.1) is 13.5 Å². The van der Waals surface area contributed by atoms with Gasteiger partial charge in [0.1, 0.15) is 0 Å². The Kier molecular flexibility index (Phi) is 0.878. The standard InChI is InChI=1S/C8H10O/c1-9-7-8-5-3-2-4-6-8/h2-6H,7H2,1H3/i2D,3D,4D,5D,6D. The Balaban J connectivity index is 3.43. The molecule has 1 aromatic carbocycles. The quantitative estimate of drug-likeness (QED) is 0.589. The van der Waals surface area contributed by atoms with E-state index in [4.69, 9.17) is 11.6 Å². The average molecular weight is 127 g/mol. The first-order valence-corrected chi connectivity index (χ1v) is 2.55. The minimum Gasteiger partial charge on any atom is -0.380 e. The number of ether oxygens (including phenoxy) is 1. The monoisotopic (exact) mass is 127 g/mol. The summed E-state index contributed by atoms with van der Waals surface area (Å²) in [4.78, 5) is 0. The van der Waals surface area contributed by atoms with Crippen molar-refractivity contribution in [3.8, 4) is 0 Å². The van der Waals surface area contributed by atoms with E-state index in [2.05, 4.69) is 0 Å². The van der Waals surface area contributed by atoms with Crippen LogP contribution in [0.5, 0.6) is 0 Å². The van der Waals surface area contributed by atoms with Crippen molar-refractivity contribution < 1.29 is 11.6 Å². The lowest BCUT2D eigenvalue weighted by Crippen LogP contribution is -1.84. The third-order valence-corrected chi connectivity index (χ3v) is 0.840. The van der Waals surface area contributed by atoms with Gasteiger partial charge in [-0.15, -0.1) is 0 Å². The molecule has 1 heteroatoms. The lowest BCUT2D eigenvalue weighted by molar-refractivity contribution is 0.185. The first-order chi connectivity index (χ1) is 6.50. The summed E-state index contributed by atoms with van der Waals surface area (Å²) < 4.78 is 41.8. The van der Waals surface area contributed by atoms with Gasteiger partial charge in [-0.1, -0.05) is 30.2 Å². The van der Waals surface area contributed by atoms with Crippen LogP contribution in [0.2, 0.25) is 0 Å². The molecule has 0 saturated carbocycles. The molecule has 9 heavy (non-hydrogen) atoms. The second-order valence-corrected chi connectivity index (χ2v) is 1.54. The minimum absolute atomic E-state index is 0.0235. The zero-order chi connectivity index (χ0) is 10.9. The summed E-state index contributed by atoms with van der Waals surface area (Å²) >= 11 is 0. The highest BCUT2D eigenvalue weighted by Gasteiger charge is 1.84. The van der Waals surface area contributed by atoms with E-state index in [-0.39, 0.29) is 42.4 Å². The zero-order valence-electron chi connectivity index (χ0n) is 10.1. The molecule has 0 heterocycles. The molecule has 1 rings (SSSR count). The van der Waals surface area contributed by atoms with Crippen molar-refractivity contribution in [2.24, 2.45) is 0 Å². The fraction of sp³-hybridized carbons (Fsp3) is 0.250. The second-order valence-electron chi connectivity index (χ2n) is 1.54. The van der Waals surface area contributed by atoms with E-state index < -0.39 is 0 Å². The van der Waals surface area contributed by atoms with Crippen LogP contribution in [0.15, 0.2) is 30.2 Å². The van der Waals surface area contributed by atoms with Crippen LogP contribution >= 0.6 is 0 Å². The molecule has 0 radical (unpaired) electrons. The van der Waals surface area contributed by atoms with Crippen molar-refractivity contribution in [3.63, 3.8) is 0 Å². The third kappa shape index (κ3) is 1.86. The topological polar surface area (TPSA) is 9.23 Å². The summed E-state index contributed by atoms with van der Waals surface area (Å²) in [5.74, 6) is 0. The Morgan fingerprint density at radius 2 is 2.11 bits per heavy atom. The Morgan fingerprint density at radius 1 is 1.44 bits per heavy atom.